The van der Waals surface area contributed by atoms with E-state index in [1.807, 2.05) is 0 Å². The van der Waals surface area contributed by atoms with Crippen molar-refractivity contribution in [2.75, 3.05) is 13.7 Å². The average molecular weight is 205 g/mol. The van der Waals surface area contributed by atoms with E-state index in [0.29, 0.717) is 0 Å². The Morgan fingerprint density at radius 2 is 2.07 bits per heavy atom. The van der Waals surface area contributed by atoms with Crippen LogP contribution in [0, 0.1) is 0 Å². The first-order chi connectivity index (χ1) is 6.52. The fourth-order valence-electron chi connectivity index (χ4n) is 0.816. The molecular weight excluding hydrogens is 190 g/mol. The maximum atomic E-state index is 10.9. The van der Waals surface area contributed by atoms with E-state index in [2.05, 4.69) is 10.1 Å². The smallest absolute Gasteiger partial charge is 0.407 e. The number of nitrogens with one attached hydrogen (secondary N) is 1. The molecule has 0 aliphatic rings. The van der Waals surface area contributed by atoms with E-state index in [1.165, 1.54) is 7.11 Å². The highest BCUT2D eigenvalue weighted by Crippen LogP contribution is 1.98. The van der Waals surface area contributed by atoms with Gasteiger partial charge in [0.25, 0.3) is 0 Å². The topological polar surface area (TPSA) is 84.9 Å². The van der Waals surface area contributed by atoms with Crippen LogP contribution in [0.1, 0.15) is 13.8 Å². The molecule has 0 bridgehead atoms. The van der Waals surface area contributed by atoms with E-state index in [-0.39, 0.29) is 6.61 Å². The number of aliphatic carboxylic acids is 1. The molecule has 14 heavy (non-hydrogen) atoms. The first-order valence-corrected chi connectivity index (χ1v) is 4.21. The number of carboxylic acid groups (broad SMARTS) is 1. The molecule has 0 aliphatic heterocycles. The first kappa shape index (κ1) is 12.7. The predicted octanol–water partition coefficient (Wildman–Crippen LogP) is 0.221. The van der Waals surface area contributed by atoms with E-state index in [1.54, 1.807) is 13.8 Å². The fraction of sp³-hybridized carbons (Fsp3) is 0.750. The Kier molecular flexibility index (Phi) is 5.62. The number of carbonyl (C=O) groups excluding carboxylic acids is 1. The third kappa shape index (κ3) is 4.08. The van der Waals surface area contributed by atoms with Crippen molar-refractivity contribution in [2.45, 2.75) is 26.0 Å². The van der Waals surface area contributed by atoms with Gasteiger partial charge < -0.3 is 19.9 Å². The molecule has 2 atom stereocenters. The zero-order valence-corrected chi connectivity index (χ0v) is 8.44. The van der Waals surface area contributed by atoms with Crippen LogP contribution in [0.5, 0.6) is 0 Å². The van der Waals surface area contributed by atoms with Crippen LogP contribution >= 0.6 is 0 Å². The Hall–Kier alpha value is -1.30. The zero-order chi connectivity index (χ0) is 11.1. The molecule has 0 radical (unpaired) electrons. The molecule has 2 N–H and O–H groups in total. The molecule has 0 aromatic rings. The minimum Gasteiger partial charge on any atom is -0.480 e. The van der Waals surface area contributed by atoms with Crippen molar-refractivity contribution in [2.24, 2.45) is 0 Å². The number of carboxylic acids is 1. The number of hydrogen-bond donors (Lipinski definition) is 2. The predicted molar refractivity (Wildman–Crippen MR) is 48.1 cm³/mol. The average Bonchev–Trinajstić information content (AvgIpc) is 2.13. The molecule has 0 aromatic carbocycles. The molecule has 0 saturated carbocycles. The zero-order valence-electron chi connectivity index (χ0n) is 8.44. The van der Waals surface area contributed by atoms with Gasteiger partial charge in [-0.2, -0.15) is 0 Å². The molecule has 0 heterocycles. The second-order valence-electron chi connectivity index (χ2n) is 2.62. The lowest BCUT2D eigenvalue weighted by Crippen LogP contribution is -2.48. The molecule has 0 saturated heterocycles. The highest BCUT2D eigenvalue weighted by Gasteiger charge is 2.26. The number of methoxy groups -OCH3 is 1. The van der Waals surface area contributed by atoms with Crippen molar-refractivity contribution in [3.8, 4) is 0 Å². The normalized spacial score (nSPS) is 14.2. The molecule has 1 amide bonds. The van der Waals surface area contributed by atoms with Crippen LogP contribution < -0.4 is 5.32 Å². The number of ether oxygens (including phenoxy) is 2. The molecule has 6 nitrogen and oxygen atoms in total. The number of alkyl carbamates (subject to hydrolysis) is 1. The van der Waals surface area contributed by atoms with Gasteiger partial charge in [0.05, 0.1) is 12.7 Å². The summed E-state index contributed by atoms with van der Waals surface area (Å²) in [5.41, 5.74) is 0. The number of amides is 1. The Morgan fingerprint density at radius 1 is 1.50 bits per heavy atom. The molecule has 0 aliphatic carbocycles. The van der Waals surface area contributed by atoms with Crippen LogP contribution in [0.25, 0.3) is 0 Å². The van der Waals surface area contributed by atoms with Crippen LogP contribution in [0.4, 0.5) is 4.79 Å². The van der Waals surface area contributed by atoms with E-state index in [9.17, 15) is 9.59 Å². The van der Waals surface area contributed by atoms with E-state index in [0.717, 1.165) is 0 Å². The van der Waals surface area contributed by atoms with Crippen molar-refractivity contribution in [1.82, 2.24) is 5.32 Å². The van der Waals surface area contributed by atoms with Crippen molar-refractivity contribution < 1.29 is 24.2 Å². The lowest BCUT2D eigenvalue weighted by molar-refractivity contribution is -0.142. The molecule has 6 heteroatoms. The summed E-state index contributed by atoms with van der Waals surface area (Å²) in [6.07, 6.45) is -1.37. The summed E-state index contributed by atoms with van der Waals surface area (Å²) in [6, 6.07) is -1.10. The molecule has 0 aromatic heterocycles. The van der Waals surface area contributed by atoms with Gasteiger partial charge in [0.2, 0.25) is 0 Å². The highest BCUT2D eigenvalue weighted by molar-refractivity contribution is 5.80. The van der Waals surface area contributed by atoms with Crippen LogP contribution in [0.2, 0.25) is 0 Å². The van der Waals surface area contributed by atoms with Gasteiger partial charge in [-0.05, 0) is 13.8 Å². The van der Waals surface area contributed by atoms with E-state index >= 15 is 0 Å². The Bertz CT molecular complexity index is 206. The molecule has 82 valence electrons. The Balaban J connectivity index is 4.23. The summed E-state index contributed by atoms with van der Waals surface area (Å²) in [5.74, 6) is -1.16. The van der Waals surface area contributed by atoms with Crippen LogP contribution in [0.15, 0.2) is 0 Å². The lowest BCUT2D eigenvalue weighted by Gasteiger charge is -2.19. The number of rotatable bonds is 5. The summed E-state index contributed by atoms with van der Waals surface area (Å²) < 4.78 is 9.35. The largest absolute Gasteiger partial charge is 0.480 e. The van der Waals surface area contributed by atoms with Gasteiger partial charge in [-0.25, -0.2) is 9.59 Å². The second kappa shape index (κ2) is 6.20. The molecule has 0 rings (SSSR count). The molecule has 0 fully saturated rings. The third-order valence-corrected chi connectivity index (χ3v) is 1.66. The van der Waals surface area contributed by atoms with Gasteiger partial charge in [-0.3, -0.25) is 0 Å². The SMILES string of the molecule is CCOC(=O)N[C@H](C(=O)O)[C@@H](C)OC. The second-order valence-corrected chi connectivity index (χ2v) is 2.62. The van der Waals surface area contributed by atoms with Gasteiger partial charge in [0.15, 0.2) is 6.04 Å². The van der Waals surface area contributed by atoms with Crippen LogP contribution in [-0.4, -0.2) is 43.0 Å². The quantitative estimate of drug-likeness (QED) is 0.670. The number of hydrogen-bond acceptors (Lipinski definition) is 4. The van der Waals surface area contributed by atoms with E-state index < -0.39 is 24.2 Å². The summed E-state index contributed by atoms with van der Waals surface area (Å²) in [6.45, 7) is 3.37. The van der Waals surface area contributed by atoms with Crippen LogP contribution in [0.3, 0.4) is 0 Å². The molecule has 0 spiro atoms. The van der Waals surface area contributed by atoms with Crippen molar-refractivity contribution in [1.29, 1.82) is 0 Å². The van der Waals surface area contributed by atoms with Gasteiger partial charge in [-0.15, -0.1) is 0 Å². The monoisotopic (exact) mass is 205 g/mol. The van der Waals surface area contributed by atoms with Gasteiger partial charge >= 0.3 is 12.1 Å². The molecular formula is C8H15NO5. The van der Waals surface area contributed by atoms with Crippen molar-refractivity contribution >= 4 is 12.1 Å². The summed E-state index contributed by atoms with van der Waals surface area (Å²) >= 11 is 0. The van der Waals surface area contributed by atoms with Gasteiger partial charge in [0.1, 0.15) is 0 Å². The van der Waals surface area contributed by atoms with Gasteiger partial charge in [-0.1, -0.05) is 0 Å². The lowest BCUT2D eigenvalue weighted by atomic mass is 10.2. The minimum absolute atomic E-state index is 0.194. The van der Waals surface area contributed by atoms with Gasteiger partial charge in [0, 0.05) is 7.11 Å². The maximum absolute atomic E-state index is 10.9. The first-order valence-electron chi connectivity index (χ1n) is 4.21. The summed E-state index contributed by atoms with van der Waals surface area (Å²) in [4.78, 5) is 21.6. The summed E-state index contributed by atoms with van der Waals surface area (Å²) in [5, 5.41) is 10.9. The van der Waals surface area contributed by atoms with Crippen molar-refractivity contribution in [3.05, 3.63) is 0 Å². The van der Waals surface area contributed by atoms with Crippen molar-refractivity contribution in [3.63, 3.8) is 0 Å². The standard InChI is InChI=1S/C8H15NO5/c1-4-14-8(12)9-6(7(10)11)5(2)13-3/h5-6H,4H2,1-3H3,(H,9,12)(H,10,11)/t5-,6+/m1/s1. The molecule has 0 unspecified atom stereocenters. The van der Waals surface area contributed by atoms with Crippen LogP contribution in [-0.2, 0) is 14.3 Å². The number of carbonyl (C=O) groups is 2. The fourth-order valence-corrected chi connectivity index (χ4v) is 0.816. The third-order valence-electron chi connectivity index (χ3n) is 1.66. The Labute approximate surface area is 82.2 Å². The maximum Gasteiger partial charge on any atom is 0.407 e. The minimum atomic E-state index is -1.16. The van der Waals surface area contributed by atoms with E-state index in [4.69, 9.17) is 9.84 Å². The summed E-state index contributed by atoms with van der Waals surface area (Å²) in [7, 11) is 1.37. The Morgan fingerprint density at radius 3 is 2.43 bits per heavy atom. The highest BCUT2D eigenvalue weighted by atomic mass is 16.5.